The minimum atomic E-state index is -0.315. The third kappa shape index (κ3) is 4.45. The molecule has 0 aliphatic carbocycles. The Bertz CT molecular complexity index is 1080. The number of anilines is 1. The Balaban J connectivity index is 1.38. The quantitative estimate of drug-likeness (QED) is 0.699. The van der Waals surface area contributed by atoms with Crippen molar-refractivity contribution in [2.24, 2.45) is 5.92 Å². The summed E-state index contributed by atoms with van der Waals surface area (Å²) in [4.78, 5) is 35.0. The molecule has 0 radical (unpaired) electrons. The maximum Gasteiger partial charge on any atom is 0.253 e. The zero-order chi connectivity index (χ0) is 21.1. The van der Waals surface area contributed by atoms with Crippen LogP contribution in [-0.4, -0.2) is 39.8 Å². The normalized spacial score (nSPS) is 16.1. The summed E-state index contributed by atoms with van der Waals surface area (Å²) in [6.45, 7) is 3.11. The molecule has 1 atom stereocenters. The van der Waals surface area contributed by atoms with Gasteiger partial charge in [0.1, 0.15) is 11.6 Å². The summed E-state index contributed by atoms with van der Waals surface area (Å²) in [6.07, 6.45) is 3.65. The second-order valence-corrected chi connectivity index (χ2v) is 7.58. The van der Waals surface area contributed by atoms with E-state index in [2.05, 4.69) is 15.3 Å². The number of nitrogens with one attached hydrogen (secondary N) is 1. The van der Waals surface area contributed by atoms with Crippen molar-refractivity contribution >= 4 is 28.4 Å². The summed E-state index contributed by atoms with van der Waals surface area (Å²) in [6, 6.07) is 11.5. The zero-order valence-electron chi connectivity index (χ0n) is 16.8. The largest absolute Gasteiger partial charge is 0.338 e. The van der Waals surface area contributed by atoms with Crippen molar-refractivity contribution in [1.82, 2.24) is 14.9 Å². The summed E-state index contributed by atoms with van der Waals surface area (Å²) in [5, 5.41) is 3.58. The lowest BCUT2D eigenvalue weighted by Gasteiger charge is -2.17. The van der Waals surface area contributed by atoms with E-state index in [1.54, 1.807) is 43.5 Å². The van der Waals surface area contributed by atoms with Gasteiger partial charge < -0.3 is 10.2 Å². The van der Waals surface area contributed by atoms with Crippen LogP contribution >= 0.6 is 0 Å². The van der Waals surface area contributed by atoms with Crippen LogP contribution < -0.4 is 5.32 Å². The van der Waals surface area contributed by atoms with E-state index in [1.165, 1.54) is 12.1 Å². The summed E-state index contributed by atoms with van der Waals surface area (Å²) in [7, 11) is 0. The third-order valence-electron chi connectivity index (χ3n) is 5.38. The number of likely N-dealkylation sites (tertiary alicyclic amines) is 1. The Kier molecular flexibility index (Phi) is 5.70. The first kappa shape index (κ1) is 19.9. The van der Waals surface area contributed by atoms with Crippen LogP contribution in [0.15, 0.2) is 48.7 Å². The number of amides is 2. The topological polar surface area (TPSA) is 75.2 Å². The van der Waals surface area contributed by atoms with E-state index in [4.69, 9.17) is 0 Å². The van der Waals surface area contributed by atoms with Gasteiger partial charge in [0.2, 0.25) is 5.91 Å². The summed E-state index contributed by atoms with van der Waals surface area (Å²) in [5.41, 5.74) is 1.88. The predicted octanol–water partition coefficient (Wildman–Crippen LogP) is 3.82. The first-order valence-electron chi connectivity index (χ1n) is 10.1. The molecule has 30 heavy (non-hydrogen) atoms. The van der Waals surface area contributed by atoms with Crippen LogP contribution in [-0.2, 0) is 11.2 Å². The van der Waals surface area contributed by atoms with E-state index < -0.39 is 0 Å². The fourth-order valence-corrected chi connectivity index (χ4v) is 3.70. The van der Waals surface area contributed by atoms with Crippen molar-refractivity contribution in [3.63, 3.8) is 0 Å². The number of hydrogen-bond acceptors (Lipinski definition) is 4. The molecule has 0 unspecified atom stereocenters. The number of halogens is 1. The molecule has 1 aliphatic rings. The van der Waals surface area contributed by atoms with Crippen molar-refractivity contribution in [3.8, 4) is 0 Å². The first-order valence-corrected chi connectivity index (χ1v) is 10.1. The summed E-state index contributed by atoms with van der Waals surface area (Å²) in [5.74, 6) is 0.541. The Morgan fingerprint density at radius 2 is 2.00 bits per heavy atom. The number of hydrogen-bond donors (Lipinski definition) is 1. The second-order valence-electron chi connectivity index (χ2n) is 7.58. The average molecular weight is 406 g/mol. The first-order chi connectivity index (χ1) is 14.5. The highest BCUT2D eigenvalue weighted by Gasteiger charge is 2.27. The Hall–Kier alpha value is -3.35. The summed E-state index contributed by atoms with van der Waals surface area (Å²) < 4.78 is 13.5. The molecular weight excluding hydrogens is 383 g/mol. The molecule has 1 N–H and O–H groups in total. The van der Waals surface area contributed by atoms with Crippen molar-refractivity contribution in [3.05, 3.63) is 65.9 Å². The molecule has 6 nitrogen and oxygen atoms in total. The lowest BCUT2D eigenvalue weighted by molar-refractivity contribution is -0.115. The van der Waals surface area contributed by atoms with E-state index >= 15 is 0 Å². The minimum absolute atomic E-state index is 0.0210. The fourth-order valence-electron chi connectivity index (χ4n) is 3.70. The number of fused-ring (bicyclic) bond motifs is 1. The van der Waals surface area contributed by atoms with Gasteiger partial charge in [-0.2, -0.15) is 0 Å². The van der Waals surface area contributed by atoms with Crippen molar-refractivity contribution in [1.29, 1.82) is 0 Å². The molecule has 2 heterocycles. The monoisotopic (exact) mass is 406 g/mol. The molecule has 154 valence electrons. The highest BCUT2D eigenvalue weighted by molar-refractivity contribution is 5.96. The molecule has 1 aromatic heterocycles. The highest BCUT2D eigenvalue weighted by atomic mass is 19.1. The van der Waals surface area contributed by atoms with Crippen molar-refractivity contribution in [2.45, 2.75) is 26.2 Å². The van der Waals surface area contributed by atoms with Crippen LogP contribution in [0.2, 0.25) is 0 Å². The number of aromatic nitrogens is 2. The maximum atomic E-state index is 13.5. The smallest absolute Gasteiger partial charge is 0.253 e. The van der Waals surface area contributed by atoms with Gasteiger partial charge in [-0.25, -0.2) is 14.4 Å². The number of carbonyl (C=O) groups excluding carboxylic acids is 2. The minimum Gasteiger partial charge on any atom is -0.338 e. The van der Waals surface area contributed by atoms with Crippen LogP contribution in [0.5, 0.6) is 0 Å². The fraction of sp³-hybridized carbons (Fsp3) is 0.304. The van der Waals surface area contributed by atoms with Crippen LogP contribution in [0.4, 0.5) is 10.1 Å². The highest BCUT2D eigenvalue weighted by Crippen LogP contribution is 2.23. The predicted molar refractivity (Wildman–Crippen MR) is 113 cm³/mol. The van der Waals surface area contributed by atoms with Crippen molar-refractivity contribution in [2.75, 3.05) is 18.4 Å². The third-order valence-corrected chi connectivity index (χ3v) is 5.38. The maximum absolute atomic E-state index is 13.5. The van der Waals surface area contributed by atoms with Gasteiger partial charge in [-0.15, -0.1) is 0 Å². The lowest BCUT2D eigenvalue weighted by Crippen LogP contribution is -2.29. The number of carbonyl (C=O) groups is 2. The molecule has 0 spiro atoms. The van der Waals surface area contributed by atoms with Gasteiger partial charge in [0.15, 0.2) is 0 Å². The van der Waals surface area contributed by atoms with Crippen LogP contribution in [0, 0.1) is 11.7 Å². The van der Waals surface area contributed by atoms with Gasteiger partial charge in [0.25, 0.3) is 5.91 Å². The molecule has 2 aromatic carbocycles. The van der Waals surface area contributed by atoms with Gasteiger partial charge in [-0.1, -0.05) is 6.92 Å². The average Bonchev–Trinajstić information content (AvgIpc) is 3.22. The van der Waals surface area contributed by atoms with Gasteiger partial charge in [-0.05, 0) is 48.7 Å². The van der Waals surface area contributed by atoms with E-state index in [1.807, 2.05) is 4.90 Å². The molecule has 2 amide bonds. The number of nitrogens with zero attached hydrogens (tertiary/aromatic N) is 3. The zero-order valence-corrected chi connectivity index (χ0v) is 16.8. The van der Waals surface area contributed by atoms with Gasteiger partial charge in [-0.3, -0.25) is 9.59 Å². The van der Waals surface area contributed by atoms with Gasteiger partial charge in [0.05, 0.1) is 5.52 Å². The molecule has 1 saturated heterocycles. The molecule has 7 heteroatoms. The SMILES string of the molecule is CCC(=O)Nc1ccc(C(=O)N2CC[C@@H](Cc3ncc4ccc(F)cc4n3)C2)cc1. The number of benzene rings is 2. The standard InChI is InChI=1S/C23H23FN4O2/c1-2-22(29)26-19-7-4-16(5-8-19)23(30)28-10-9-15(14-28)11-21-25-13-17-3-6-18(24)12-20(17)27-21/h3-8,12-13,15H,2,9-11,14H2,1H3,(H,26,29)/t15-/m0/s1. The Labute approximate surface area is 174 Å². The van der Waals surface area contributed by atoms with Gasteiger partial charge in [0, 0.05) is 54.8 Å². The lowest BCUT2D eigenvalue weighted by atomic mass is 10.0. The molecule has 1 aliphatic heterocycles. The molecule has 4 rings (SSSR count). The molecule has 3 aromatic rings. The van der Waals surface area contributed by atoms with E-state index in [9.17, 15) is 14.0 Å². The van der Waals surface area contributed by atoms with E-state index in [-0.39, 0.29) is 23.5 Å². The Morgan fingerprint density at radius 1 is 1.20 bits per heavy atom. The van der Waals surface area contributed by atoms with Crippen molar-refractivity contribution < 1.29 is 14.0 Å². The van der Waals surface area contributed by atoms with Crippen LogP contribution in [0.25, 0.3) is 10.9 Å². The Morgan fingerprint density at radius 3 is 2.77 bits per heavy atom. The number of rotatable bonds is 5. The molecular formula is C23H23FN4O2. The van der Waals surface area contributed by atoms with Crippen LogP contribution in [0.1, 0.15) is 35.9 Å². The van der Waals surface area contributed by atoms with Gasteiger partial charge >= 0.3 is 0 Å². The second kappa shape index (κ2) is 8.57. The van der Waals surface area contributed by atoms with Crippen LogP contribution in [0.3, 0.4) is 0 Å². The molecule has 0 saturated carbocycles. The molecule has 1 fully saturated rings. The van der Waals surface area contributed by atoms with E-state index in [0.717, 1.165) is 11.8 Å². The summed E-state index contributed by atoms with van der Waals surface area (Å²) >= 11 is 0. The van der Waals surface area contributed by atoms with E-state index in [0.29, 0.717) is 48.5 Å². The molecule has 0 bridgehead atoms.